The lowest BCUT2D eigenvalue weighted by atomic mass is 10.0. The van der Waals surface area contributed by atoms with E-state index in [1.165, 1.54) is 12.1 Å². The summed E-state index contributed by atoms with van der Waals surface area (Å²) in [6.45, 7) is 2.21. The summed E-state index contributed by atoms with van der Waals surface area (Å²) in [5.41, 5.74) is 3.60. The van der Waals surface area contributed by atoms with E-state index in [-0.39, 0.29) is 54.2 Å². The van der Waals surface area contributed by atoms with Crippen LogP contribution in [0.1, 0.15) is 81.2 Å². The Morgan fingerprint density at radius 2 is 1.32 bits per heavy atom. The number of thioether (sulfide) groups is 2. The second-order valence-corrected chi connectivity index (χ2v) is 24.1. The monoisotopic (exact) mass is 1100 g/mol. The van der Waals surface area contributed by atoms with Gasteiger partial charge in [0.2, 0.25) is 0 Å². The normalized spacial score (nSPS) is 20.9. The minimum atomic E-state index is -4.07. The van der Waals surface area contributed by atoms with E-state index in [9.17, 15) is 27.2 Å². The van der Waals surface area contributed by atoms with Gasteiger partial charge in [0.1, 0.15) is 28.8 Å². The zero-order valence-corrected chi connectivity index (χ0v) is 44.5. The summed E-state index contributed by atoms with van der Waals surface area (Å²) in [5, 5.41) is 50.0. The van der Waals surface area contributed by atoms with Crippen LogP contribution in [0.5, 0.6) is 11.5 Å². The Morgan fingerprint density at radius 1 is 0.737 bits per heavy atom. The van der Waals surface area contributed by atoms with Crippen LogP contribution in [-0.4, -0.2) is 148 Å². The van der Waals surface area contributed by atoms with Crippen LogP contribution in [0.25, 0.3) is 11.3 Å². The van der Waals surface area contributed by atoms with E-state index in [0.717, 1.165) is 93.4 Å². The minimum Gasteiger partial charge on any atom is -0.493 e. The van der Waals surface area contributed by atoms with Crippen molar-refractivity contribution in [3.8, 4) is 22.8 Å². The number of nitrogens with zero attached hydrogens (tertiary/aromatic N) is 9. The van der Waals surface area contributed by atoms with Gasteiger partial charge in [0.15, 0.2) is 9.84 Å². The zero-order valence-electron chi connectivity index (χ0n) is 42.1. The summed E-state index contributed by atoms with van der Waals surface area (Å²) in [7, 11) is -4.07. The van der Waals surface area contributed by atoms with Crippen LogP contribution in [0.15, 0.2) is 77.9 Å². The number of urea groups is 2. The molecule has 6 N–H and O–H groups in total. The van der Waals surface area contributed by atoms with Gasteiger partial charge in [-0.2, -0.15) is 23.5 Å². The van der Waals surface area contributed by atoms with Gasteiger partial charge in [0.25, 0.3) is 0 Å². The van der Waals surface area contributed by atoms with Gasteiger partial charge < -0.3 is 41.2 Å². The number of carboxylic acid groups (broad SMARTS) is 1. The van der Waals surface area contributed by atoms with Crippen molar-refractivity contribution in [1.82, 2.24) is 71.6 Å². The van der Waals surface area contributed by atoms with Crippen LogP contribution in [0.4, 0.5) is 18.8 Å². The van der Waals surface area contributed by atoms with Crippen molar-refractivity contribution in [1.29, 1.82) is 0 Å². The van der Waals surface area contributed by atoms with Crippen molar-refractivity contribution in [2.75, 3.05) is 37.0 Å². The molecule has 4 aliphatic heterocycles. The Bertz CT molecular complexity index is 2800. The average molecular weight is 1110 g/mol. The summed E-state index contributed by atoms with van der Waals surface area (Å²) in [5.74, 6) is 1.22. The van der Waals surface area contributed by atoms with E-state index in [2.05, 4.69) is 52.2 Å². The molecule has 3 aromatic heterocycles. The number of benzene rings is 2. The molecule has 4 fully saturated rings. The predicted molar refractivity (Wildman–Crippen MR) is 284 cm³/mol. The molecular formula is C50H65FN14O8S3. The highest BCUT2D eigenvalue weighted by molar-refractivity contribution is 8.00. The average Bonchev–Trinajstić information content (AvgIpc) is 4.29. The number of carbonyl (C=O) groups is 3. The summed E-state index contributed by atoms with van der Waals surface area (Å²) < 4.78 is 58.5. The molecular weight excluding hydrogens is 1040 g/mol. The number of aryl methyl sites for hydroxylation is 4. The second-order valence-electron chi connectivity index (χ2n) is 19.5. The van der Waals surface area contributed by atoms with Crippen molar-refractivity contribution < 1.29 is 41.8 Å². The number of sulfone groups is 1. The quantitative estimate of drug-likeness (QED) is 0.0243. The first-order valence-electron chi connectivity index (χ1n) is 26.0. The molecule has 0 saturated carbocycles. The molecule has 2 aromatic carbocycles. The number of amides is 5. The molecule has 6 atom stereocenters. The largest absolute Gasteiger partial charge is 0.493 e. The van der Waals surface area contributed by atoms with Gasteiger partial charge in [-0.1, -0.05) is 53.5 Å². The number of fused-ring (bicyclic) bond motifs is 2. The lowest BCUT2D eigenvalue weighted by molar-refractivity contribution is 0.195. The molecule has 4 aliphatic rings. The number of carbonyl (C=O) groups excluding carboxylic acids is 2. The van der Waals surface area contributed by atoms with Gasteiger partial charge >= 0.3 is 18.2 Å². The first kappa shape index (κ1) is 54.4. The third-order valence-electron chi connectivity index (χ3n) is 13.7. The summed E-state index contributed by atoms with van der Waals surface area (Å²) in [6.07, 6.45) is 16.5. The number of hydrogen-bond donors (Lipinski definition) is 6. The topological polar surface area (TPSA) is 276 Å². The number of halogens is 1. The Labute approximate surface area is 448 Å². The highest BCUT2D eigenvalue weighted by Gasteiger charge is 2.43. The zero-order chi connectivity index (χ0) is 52.9. The molecule has 0 aliphatic carbocycles. The fraction of sp³-hybridized carbons (Fsp3) is 0.540. The summed E-state index contributed by atoms with van der Waals surface area (Å²) in [4.78, 5) is 34.0. The van der Waals surface area contributed by atoms with E-state index in [0.29, 0.717) is 77.7 Å². The van der Waals surface area contributed by atoms with Crippen molar-refractivity contribution in [2.45, 2.75) is 136 Å². The molecule has 0 radical (unpaired) electrons. The molecule has 0 bridgehead atoms. The maximum Gasteiger partial charge on any atom is 0.404 e. The van der Waals surface area contributed by atoms with E-state index >= 15 is 0 Å². The first-order valence-corrected chi connectivity index (χ1v) is 29.7. The molecule has 0 spiro atoms. The van der Waals surface area contributed by atoms with Gasteiger partial charge in [-0.15, -0.1) is 15.3 Å². The van der Waals surface area contributed by atoms with Crippen molar-refractivity contribution >= 4 is 51.5 Å². The molecule has 5 amide bonds. The molecule has 5 aromatic rings. The molecule has 22 nitrogen and oxygen atoms in total. The van der Waals surface area contributed by atoms with Crippen LogP contribution in [0, 0.1) is 0 Å². The van der Waals surface area contributed by atoms with Crippen molar-refractivity contribution in [3.05, 3.63) is 89.9 Å². The molecule has 408 valence electrons. The number of aromatic nitrogens is 9. The van der Waals surface area contributed by atoms with Crippen molar-refractivity contribution in [3.63, 3.8) is 0 Å². The molecule has 9 rings (SSSR count). The van der Waals surface area contributed by atoms with Gasteiger partial charge in [0, 0.05) is 65.7 Å². The Balaban J connectivity index is 0.759. The third kappa shape index (κ3) is 15.4. The highest BCUT2D eigenvalue weighted by Crippen LogP contribution is 2.35. The van der Waals surface area contributed by atoms with Crippen LogP contribution in [0.2, 0.25) is 0 Å². The maximum absolute atomic E-state index is 14.4. The second kappa shape index (κ2) is 26.1. The van der Waals surface area contributed by atoms with Crippen LogP contribution < -0.4 is 36.1 Å². The minimum absolute atomic E-state index is 0.0491. The fourth-order valence-corrected chi connectivity index (χ4v) is 14.2. The van der Waals surface area contributed by atoms with Crippen LogP contribution in [-0.2, 0) is 42.3 Å². The van der Waals surface area contributed by atoms with Gasteiger partial charge in [-0.25, -0.2) is 31.9 Å². The Morgan fingerprint density at radius 3 is 1.89 bits per heavy atom. The van der Waals surface area contributed by atoms with Crippen LogP contribution >= 0.6 is 23.5 Å². The van der Waals surface area contributed by atoms with Crippen molar-refractivity contribution in [2.24, 2.45) is 0 Å². The standard InChI is InChI=1S/C50H65FN14O8S3/c51-35(16-17-52-50(68)69)32-76(70,71)40-13-7-10-33(22-40)26-65-29-41(59-62-65)34-23-38(72-20-8-11-36-27-63(60-57-36)18-5-1-3-14-44-46-42(30-74-44)53-48(66)55-46)25-39(24-34)73-21-9-12-37-28-64(61-58-37)19-6-2-4-15-45-47-43(31-75-45)54-49(67)56-47/h7,10,13,16,22-25,27-29,42-47,52H,1-6,8-9,11-12,14-15,17-21,26,30-32H2,(H,68,69)(H2,53,55,66)(H2,54,56,67)/b35-16-/t42-,43-,44-,45-,46-,47-/m0/s1. The Hall–Kier alpha value is -6.41. The van der Waals surface area contributed by atoms with Gasteiger partial charge in [0.05, 0.1) is 66.4 Å². The number of hydrogen-bond acceptors (Lipinski definition) is 15. The SMILES string of the molecule is O=C(O)NC/C=C(\F)CS(=O)(=O)c1cccc(Cn2cc(-c3cc(OCCCc4cn(CCCCC[C@@H]5SC[C@@H]6NC(=O)N[C@@H]65)nn4)cc(OCCCc4cn(CCCCC[C@@H]5SC[C@@H]6NC(=O)N[C@@H]65)nn4)c3)nn2)c1. The molecule has 7 heterocycles. The number of nitrogens with one attached hydrogen (secondary N) is 5. The lowest BCUT2D eigenvalue weighted by Crippen LogP contribution is -2.36. The third-order valence-corrected chi connectivity index (χ3v) is 18.4. The molecule has 26 heteroatoms. The number of rotatable bonds is 30. The predicted octanol–water partition coefficient (Wildman–Crippen LogP) is 5.55. The lowest BCUT2D eigenvalue weighted by Gasteiger charge is -2.16. The number of ether oxygens (including phenoxy) is 2. The molecule has 76 heavy (non-hydrogen) atoms. The first-order chi connectivity index (χ1) is 36.9. The van der Waals surface area contributed by atoms with E-state index in [1.807, 2.05) is 68.8 Å². The number of unbranched alkanes of at least 4 members (excludes halogenated alkanes) is 4. The van der Waals surface area contributed by atoms with Crippen LogP contribution in [0.3, 0.4) is 0 Å². The van der Waals surface area contributed by atoms with E-state index < -0.39 is 27.5 Å². The van der Waals surface area contributed by atoms with Gasteiger partial charge in [-0.3, -0.25) is 9.36 Å². The highest BCUT2D eigenvalue weighted by atomic mass is 32.2. The smallest absolute Gasteiger partial charge is 0.404 e. The van der Waals surface area contributed by atoms with E-state index in [1.54, 1.807) is 23.0 Å². The Kier molecular flexibility index (Phi) is 18.7. The fourth-order valence-electron chi connectivity index (χ4n) is 9.88. The maximum atomic E-state index is 14.4. The summed E-state index contributed by atoms with van der Waals surface area (Å²) >= 11 is 3.89. The molecule has 0 unspecified atom stereocenters. The summed E-state index contributed by atoms with van der Waals surface area (Å²) in [6, 6.07) is 12.6. The van der Waals surface area contributed by atoms with E-state index in [4.69, 9.17) is 14.6 Å². The molecule has 4 saturated heterocycles. The van der Waals surface area contributed by atoms with Gasteiger partial charge in [-0.05, 0) is 87.3 Å².